The number of hydrogen-bond donors (Lipinski definition) is 1. The van der Waals surface area contributed by atoms with Crippen molar-refractivity contribution in [3.05, 3.63) is 0 Å². The number of rotatable bonds is 4. The maximum absolute atomic E-state index is 3.44. The van der Waals surface area contributed by atoms with Gasteiger partial charge in [0, 0.05) is 6.04 Å². The molecule has 0 amide bonds. The van der Waals surface area contributed by atoms with Crippen molar-refractivity contribution in [3.63, 3.8) is 0 Å². The highest BCUT2D eigenvalue weighted by Gasteiger charge is 2.25. The second kappa shape index (κ2) is 5.64. The van der Waals surface area contributed by atoms with Gasteiger partial charge in [-0.15, -0.1) is 0 Å². The van der Waals surface area contributed by atoms with E-state index in [2.05, 4.69) is 26.2 Å². The lowest BCUT2D eigenvalue weighted by atomic mass is 9.76. The first-order valence-corrected chi connectivity index (χ1v) is 5.99. The Kier molecular flexibility index (Phi) is 4.79. The van der Waals surface area contributed by atoms with Gasteiger partial charge in [-0.1, -0.05) is 39.5 Å². The minimum atomic E-state index is 0.805. The van der Waals surface area contributed by atoms with Gasteiger partial charge in [-0.05, 0) is 31.7 Å². The highest BCUT2D eigenvalue weighted by molar-refractivity contribution is 4.80. The highest BCUT2D eigenvalue weighted by atomic mass is 14.9. The average molecular weight is 183 g/mol. The van der Waals surface area contributed by atoms with Crippen molar-refractivity contribution in [1.29, 1.82) is 0 Å². The van der Waals surface area contributed by atoms with Gasteiger partial charge in [0.05, 0.1) is 0 Å². The van der Waals surface area contributed by atoms with Crippen molar-refractivity contribution in [2.24, 2.45) is 11.8 Å². The quantitative estimate of drug-likeness (QED) is 0.706. The first-order chi connectivity index (χ1) is 6.31. The van der Waals surface area contributed by atoms with Gasteiger partial charge < -0.3 is 5.32 Å². The van der Waals surface area contributed by atoms with E-state index in [1.165, 1.54) is 38.5 Å². The van der Waals surface area contributed by atoms with E-state index in [1.54, 1.807) is 0 Å². The summed E-state index contributed by atoms with van der Waals surface area (Å²) in [4.78, 5) is 0. The predicted octanol–water partition coefficient (Wildman–Crippen LogP) is 3.20. The third kappa shape index (κ3) is 2.98. The molecule has 0 saturated heterocycles. The number of hydrogen-bond acceptors (Lipinski definition) is 1. The molecule has 0 aromatic heterocycles. The molecule has 1 nitrogen and oxygen atoms in total. The highest BCUT2D eigenvalue weighted by Crippen LogP contribution is 2.33. The Morgan fingerprint density at radius 2 is 1.92 bits per heavy atom. The Labute approximate surface area is 83.3 Å². The summed E-state index contributed by atoms with van der Waals surface area (Å²) in [6.45, 7) is 4.69. The zero-order valence-corrected chi connectivity index (χ0v) is 9.47. The van der Waals surface area contributed by atoms with Crippen LogP contribution in [0.25, 0.3) is 0 Å². The van der Waals surface area contributed by atoms with Gasteiger partial charge in [-0.2, -0.15) is 0 Å². The zero-order chi connectivity index (χ0) is 9.68. The van der Waals surface area contributed by atoms with E-state index >= 15 is 0 Å². The molecule has 13 heavy (non-hydrogen) atoms. The molecule has 0 aromatic rings. The summed E-state index contributed by atoms with van der Waals surface area (Å²) in [6, 6.07) is 0.805. The summed E-state index contributed by atoms with van der Waals surface area (Å²) in [6.07, 6.45) is 8.47. The third-order valence-electron chi connectivity index (χ3n) is 3.84. The van der Waals surface area contributed by atoms with E-state index in [1.807, 2.05) is 0 Å². The van der Waals surface area contributed by atoms with Crippen LogP contribution < -0.4 is 5.32 Å². The lowest BCUT2D eigenvalue weighted by Crippen LogP contribution is -2.33. The second-order valence-corrected chi connectivity index (χ2v) is 4.49. The molecule has 0 aliphatic heterocycles. The van der Waals surface area contributed by atoms with Crippen LogP contribution >= 0.6 is 0 Å². The SMILES string of the molecule is CCC(CC)C1CCCC(NC)C1. The summed E-state index contributed by atoms with van der Waals surface area (Å²) in [5.74, 6) is 1.98. The predicted molar refractivity (Wildman–Crippen MR) is 58.9 cm³/mol. The lowest BCUT2D eigenvalue weighted by Gasteiger charge is -2.33. The van der Waals surface area contributed by atoms with Gasteiger partial charge >= 0.3 is 0 Å². The van der Waals surface area contributed by atoms with Crippen LogP contribution in [0.1, 0.15) is 52.4 Å². The Bertz CT molecular complexity index is 129. The molecule has 1 heteroatoms. The molecule has 2 unspecified atom stereocenters. The van der Waals surface area contributed by atoms with Crippen molar-refractivity contribution >= 4 is 0 Å². The van der Waals surface area contributed by atoms with Crippen LogP contribution in [0.5, 0.6) is 0 Å². The van der Waals surface area contributed by atoms with Gasteiger partial charge in [0.2, 0.25) is 0 Å². The smallest absolute Gasteiger partial charge is 0.00668 e. The molecule has 1 aliphatic carbocycles. The van der Waals surface area contributed by atoms with Gasteiger partial charge in [-0.3, -0.25) is 0 Å². The molecule has 1 rings (SSSR count). The van der Waals surface area contributed by atoms with Crippen LogP contribution in [0, 0.1) is 11.8 Å². The summed E-state index contributed by atoms with van der Waals surface area (Å²) in [5, 5.41) is 3.44. The third-order valence-corrected chi connectivity index (χ3v) is 3.84. The Morgan fingerprint density at radius 1 is 1.23 bits per heavy atom. The van der Waals surface area contributed by atoms with Gasteiger partial charge in [0.15, 0.2) is 0 Å². The first-order valence-electron chi connectivity index (χ1n) is 5.99. The van der Waals surface area contributed by atoms with E-state index in [0.717, 1.165) is 17.9 Å². The molecule has 78 valence electrons. The molecular weight excluding hydrogens is 158 g/mol. The molecule has 0 radical (unpaired) electrons. The lowest BCUT2D eigenvalue weighted by molar-refractivity contribution is 0.205. The minimum Gasteiger partial charge on any atom is -0.317 e. The molecule has 1 fully saturated rings. The number of nitrogens with one attached hydrogen (secondary N) is 1. The zero-order valence-electron chi connectivity index (χ0n) is 9.47. The van der Waals surface area contributed by atoms with Gasteiger partial charge in [0.1, 0.15) is 0 Å². The Balaban J connectivity index is 2.40. The molecular formula is C12H25N. The van der Waals surface area contributed by atoms with Crippen LogP contribution in [0.3, 0.4) is 0 Å². The van der Waals surface area contributed by atoms with E-state index < -0.39 is 0 Å². The molecule has 0 heterocycles. The topological polar surface area (TPSA) is 12.0 Å². The fourth-order valence-electron chi connectivity index (χ4n) is 2.87. The van der Waals surface area contributed by atoms with Crippen LogP contribution in [0.4, 0.5) is 0 Å². The van der Waals surface area contributed by atoms with E-state index in [0.29, 0.717) is 0 Å². The van der Waals surface area contributed by atoms with Gasteiger partial charge in [0.25, 0.3) is 0 Å². The van der Waals surface area contributed by atoms with Crippen molar-refractivity contribution in [2.45, 2.75) is 58.4 Å². The molecule has 1 saturated carbocycles. The monoisotopic (exact) mass is 183 g/mol. The summed E-state index contributed by atoms with van der Waals surface area (Å²) < 4.78 is 0. The van der Waals surface area contributed by atoms with E-state index in [4.69, 9.17) is 0 Å². The Morgan fingerprint density at radius 3 is 2.46 bits per heavy atom. The molecule has 0 bridgehead atoms. The van der Waals surface area contributed by atoms with Crippen molar-refractivity contribution in [1.82, 2.24) is 5.32 Å². The fourth-order valence-corrected chi connectivity index (χ4v) is 2.87. The van der Waals surface area contributed by atoms with Gasteiger partial charge in [-0.25, -0.2) is 0 Å². The minimum absolute atomic E-state index is 0.805. The van der Waals surface area contributed by atoms with E-state index in [-0.39, 0.29) is 0 Å². The largest absolute Gasteiger partial charge is 0.317 e. The maximum atomic E-state index is 3.44. The summed E-state index contributed by atoms with van der Waals surface area (Å²) in [5.41, 5.74) is 0. The van der Waals surface area contributed by atoms with Crippen LogP contribution in [-0.2, 0) is 0 Å². The summed E-state index contributed by atoms with van der Waals surface area (Å²) in [7, 11) is 2.11. The second-order valence-electron chi connectivity index (χ2n) is 4.49. The van der Waals surface area contributed by atoms with Crippen LogP contribution in [0.15, 0.2) is 0 Å². The van der Waals surface area contributed by atoms with Crippen LogP contribution in [-0.4, -0.2) is 13.1 Å². The maximum Gasteiger partial charge on any atom is 0.00668 e. The standard InChI is InChI=1S/C12H25N/c1-4-10(5-2)11-7-6-8-12(9-11)13-3/h10-13H,4-9H2,1-3H3. The van der Waals surface area contributed by atoms with Crippen molar-refractivity contribution in [2.75, 3.05) is 7.05 Å². The summed E-state index contributed by atoms with van der Waals surface area (Å²) >= 11 is 0. The fraction of sp³-hybridized carbons (Fsp3) is 1.00. The normalized spacial score (nSPS) is 29.5. The Hall–Kier alpha value is -0.0400. The first kappa shape index (κ1) is 11.0. The van der Waals surface area contributed by atoms with Crippen molar-refractivity contribution < 1.29 is 0 Å². The van der Waals surface area contributed by atoms with Crippen molar-refractivity contribution in [3.8, 4) is 0 Å². The molecule has 0 spiro atoms. The molecule has 2 atom stereocenters. The molecule has 0 aromatic carbocycles. The van der Waals surface area contributed by atoms with Crippen LogP contribution in [0.2, 0.25) is 0 Å². The molecule has 1 N–H and O–H groups in total. The van der Waals surface area contributed by atoms with E-state index in [9.17, 15) is 0 Å². The molecule has 1 aliphatic rings. The average Bonchev–Trinajstić information content (AvgIpc) is 2.20.